The van der Waals surface area contributed by atoms with Crippen LogP contribution in [0.2, 0.25) is 0 Å². The fourth-order valence-electron chi connectivity index (χ4n) is 2.25. The normalized spacial score (nSPS) is 11.1. The van der Waals surface area contributed by atoms with E-state index < -0.39 is 18.6 Å². The van der Waals surface area contributed by atoms with Crippen molar-refractivity contribution in [2.45, 2.75) is 12.7 Å². The summed E-state index contributed by atoms with van der Waals surface area (Å²) in [6.45, 7) is -1.19. The maximum Gasteiger partial charge on any atom is 0.405 e. The molecule has 0 heterocycles. The first-order chi connectivity index (χ1) is 12.2. The Labute approximate surface area is 148 Å². The SMILES string of the molecule is CN(Cc1ccc(C(=O)NCC(F)(F)F)cc1)C(=O)c1ccccc1O. The second-order valence-corrected chi connectivity index (χ2v) is 5.67. The van der Waals surface area contributed by atoms with Crippen LogP contribution in [0.4, 0.5) is 13.2 Å². The van der Waals surface area contributed by atoms with Crippen molar-refractivity contribution in [3.05, 3.63) is 65.2 Å². The molecule has 8 heteroatoms. The van der Waals surface area contributed by atoms with Gasteiger partial charge < -0.3 is 15.3 Å². The van der Waals surface area contributed by atoms with Crippen LogP contribution in [-0.4, -0.2) is 41.6 Å². The quantitative estimate of drug-likeness (QED) is 0.855. The molecule has 0 radical (unpaired) electrons. The van der Waals surface area contributed by atoms with Gasteiger partial charge in [0.1, 0.15) is 12.3 Å². The number of nitrogens with one attached hydrogen (secondary N) is 1. The van der Waals surface area contributed by atoms with Crippen molar-refractivity contribution in [3.63, 3.8) is 0 Å². The van der Waals surface area contributed by atoms with Crippen molar-refractivity contribution in [1.82, 2.24) is 10.2 Å². The summed E-state index contributed by atoms with van der Waals surface area (Å²) in [6.07, 6.45) is -4.47. The molecule has 0 fully saturated rings. The van der Waals surface area contributed by atoms with Crippen LogP contribution in [0, 0.1) is 0 Å². The van der Waals surface area contributed by atoms with Crippen molar-refractivity contribution < 1.29 is 27.9 Å². The van der Waals surface area contributed by atoms with E-state index in [9.17, 15) is 27.9 Å². The van der Waals surface area contributed by atoms with Crippen LogP contribution in [0.3, 0.4) is 0 Å². The van der Waals surface area contributed by atoms with Crippen molar-refractivity contribution in [2.75, 3.05) is 13.6 Å². The number of carbonyl (C=O) groups excluding carboxylic acids is 2. The summed E-state index contributed by atoms with van der Waals surface area (Å²) in [5.41, 5.74) is 0.939. The van der Waals surface area contributed by atoms with Gasteiger partial charge in [-0.25, -0.2) is 0 Å². The first-order valence-corrected chi connectivity index (χ1v) is 7.65. The molecule has 0 aliphatic rings. The molecule has 138 valence electrons. The number of alkyl halides is 3. The summed E-state index contributed by atoms with van der Waals surface area (Å²) in [5, 5.41) is 11.5. The van der Waals surface area contributed by atoms with Gasteiger partial charge in [-0.3, -0.25) is 9.59 Å². The van der Waals surface area contributed by atoms with E-state index in [1.807, 2.05) is 0 Å². The van der Waals surface area contributed by atoms with Gasteiger partial charge in [-0.2, -0.15) is 13.2 Å². The number of hydrogen-bond acceptors (Lipinski definition) is 3. The Morgan fingerprint density at radius 3 is 2.27 bits per heavy atom. The van der Waals surface area contributed by atoms with Crippen LogP contribution in [0.25, 0.3) is 0 Å². The van der Waals surface area contributed by atoms with Crippen LogP contribution >= 0.6 is 0 Å². The molecule has 2 aromatic carbocycles. The smallest absolute Gasteiger partial charge is 0.405 e. The largest absolute Gasteiger partial charge is 0.507 e. The van der Waals surface area contributed by atoms with Crippen molar-refractivity contribution in [1.29, 1.82) is 0 Å². The second-order valence-electron chi connectivity index (χ2n) is 5.67. The molecule has 0 aliphatic carbocycles. The Bertz CT molecular complexity index is 789. The Balaban J connectivity index is 1.99. The number of nitrogens with zero attached hydrogens (tertiary/aromatic N) is 1. The molecule has 0 bridgehead atoms. The van der Waals surface area contributed by atoms with Gasteiger partial charge in [0.2, 0.25) is 0 Å². The number of amides is 2. The Hall–Kier alpha value is -3.03. The molecular weight excluding hydrogens is 349 g/mol. The number of para-hydroxylation sites is 1. The zero-order valence-electron chi connectivity index (χ0n) is 13.9. The zero-order chi connectivity index (χ0) is 19.3. The summed E-state index contributed by atoms with van der Waals surface area (Å²) < 4.78 is 36.3. The van der Waals surface area contributed by atoms with E-state index >= 15 is 0 Å². The highest BCUT2D eigenvalue weighted by Crippen LogP contribution is 2.18. The molecule has 0 atom stereocenters. The topological polar surface area (TPSA) is 69.6 Å². The lowest BCUT2D eigenvalue weighted by Crippen LogP contribution is -2.33. The summed E-state index contributed by atoms with van der Waals surface area (Å²) in [6, 6.07) is 12.0. The minimum Gasteiger partial charge on any atom is -0.507 e. The van der Waals surface area contributed by atoms with E-state index in [4.69, 9.17) is 0 Å². The minimum atomic E-state index is -4.47. The van der Waals surface area contributed by atoms with Gasteiger partial charge in [0.05, 0.1) is 5.56 Å². The highest BCUT2D eigenvalue weighted by molar-refractivity contribution is 5.96. The number of aromatic hydroxyl groups is 1. The molecular formula is C18H17F3N2O3. The van der Waals surface area contributed by atoms with E-state index in [1.54, 1.807) is 36.6 Å². The van der Waals surface area contributed by atoms with Crippen molar-refractivity contribution in [2.24, 2.45) is 0 Å². The first kappa shape index (κ1) is 19.3. The van der Waals surface area contributed by atoms with Gasteiger partial charge in [0.25, 0.3) is 11.8 Å². The highest BCUT2D eigenvalue weighted by Gasteiger charge is 2.27. The Kier molecular flexibility index (Phi) is 5.86. The van der Waals surface area contributed by atoms with Gasteiger partial charge in [-0.15, -0.1) is 0 Å². The van der Waals surface area contributed by atoms with Crippen LogP contribution in [0.5, 0.6) is 5.75 Å². The fourth-order valence-corrected chi connectivity index (χ4v) is 2.25. The van der Waals surface area contributed by atoms with Crippen LogP contribution < -0.4 is 5.32 Å². The third-order valence-corrected chi connectivity index (χ3v) is 3.57. The van der Waals surface area contributed by atoms with E-state index in [0.717, 1.165) is 0 Å². The predicted octanol–water partition coefficient (Wildman–Crippen LogP) is 2.96. The number of hydrogen-bond donors (Lipinski definition) is 2. The van der Waals surface area contributed by atoms with Gasteiger partial charge in [0.15, 0.2) is 0 Å². The Morgan fingerprint density at radius 1 is 1.08 bits per heavy atom. The lowest BCUT2D eigenvalue weighted by atomic mass is 10.1. The van der Waals surface area contributed by atoms with Crippen molar-refractivity contribution in [3.8, 4) is 5.75 Å². The number of halogens is 3. The molecule has 0 saturated carbocycles. The predicted molar refractivity (Wildman–Crippen MR) is 88.7 cm³/mol. The highest BCUT2D eigenvalue weighted by atomic mass is 19.4. The third kappa shape index (κ3) is 5.23. The number of rotatable bonds is 5. The minimum absolute atomic E-state index is 0.0904. The summed E-state index contributed by atoms with van der Waals surface area (Å²) in [5.74, 6) is -1.33. The second kappa shape index (κ2) is 7.90. The maximum absolute atomic E-state index is 12.3. The summed E-state index contributed by atoms with van der Waals surface area (Å²) in [7, 11) is 1.55. The Morgan fingerprint density at radius 2 is 1.69 bits per heavy atom. The lowest BCUT2D eigenvalue weighted by molar-refractivity contribution is -0.123. The fraction of sp³-hybridized carbons (Fsp3) is 0.222. The van der Waals surface area contributed by atoms with Gasteiger partial charge >= 0.3 is 6.18 Å². The molecule has 2 amide bonds. The number of phenols is 1. The molecule has 0 aliphatic heterocycles. The van der Waals surface area contributed by atoms with Crippen molar-refractivity contribution >= 4 is 11.8 Å². The maximum atomic E-state index is 12.3. The van der Waals surface area contributed by atoms with E-state index in [2.05, 4.69) is 0 Å². The molecule has 2 aromatic rings. The van der Waals surface area contributed by atoms with Crippen LogP contribution in [0.15, 0.2) is 48.5 Å². The third-order valence-electron chi connectivity index (χ3n) is 3.57. The summed E-state index contributed by atoms with van der Waals surface area (Å²) in [4.78, 5) is 25.4. The van der Waals surface area contributed by atoms with E-state index in [1.165, 1.54) is 29.2 Å². The monoisotopic (exact) mass is 366 g/mol. The van der Waals surface area contributed by atoms with Gasteiger partial charge in [0, 0.05) is 19.2 Å². The standard InChI is InChI=1S/C18H17F3N2O3/c1-23(17(26)14-4-2-3-5-15(14)24)10-12-6-8-13(9-7-12)16(25)22-11-18(19,20)21/h2-9,24H,10-11H2,1H3,(H,22,25). The zero-order valence-corrected chi connectivity index (χ0v) is 13.9. The summed E-state index contributed by atoms with van der Waals surface area (Å²) >= 11 is 0. The van der Waals surface area contributed by atoms with Gasteiger partial charge in [-0.05, 0) is 29.8 Å². The van der Waals surface area contributed by atoms with Crippen LogP contribution in [-0.2, 0) is 6.54 Å². The lowest BCUT2D eigenvalue weighted by Gasteiger charge is -2.18. The van der Waals surface area contributed by atoms with E-state index in [0.29, 0.717) is 5.56 Å². The molecule has 0 unspecified atom stereocenters. The molecule has 5 nitrogen and oxygen atoms in total. The number of benzene rings is 2. The van der Waals surface area contributed by atoms with Gasteiger partial charge in [-0.1, -0.05) is 24.3 Å². The van der Waals surface area contributed by atoms with Crippen LogP contribution in [0.1, 0.15) is 26.3 Å². The first-order valence-electron chi connectivity index (χ1n) is 7.65. The average molecular weight is 366 g/mol. The molecule has 0 aromatic heterocycles. The molecule has 0 spiro atoms. The van der Waals surface area contributed by atoms with E-state index in [-0.39, 0.29) is 29.3 Å². The average Bonchev–Trinajstić information content (AvgIpc) is 2.59. The number of carbonyl (C=O) groups is 2. The molecule has 26 heavy (non-hydrogen) atoms. The molecule has 0 saturated heterocycles. The molecule has 2 N–H and O–H groups in total. The molecule has 2 rings (SSSR count). The number of phenolic OH excluding ortho intramolecular Hbond substituents is 1.